The van der Waals surface area contributed by atoms with Crippen LogP contribution >= 0.6 is 0 Å². The summed E-state index contributed by atoms with van der Waals surface area (Å²) < 4.78 is 0. The van der Waals surface area contributed by atoms with Crippen LogP contribution in [0.3, 0.4) is 0 Å². The molecule has 1 amide bonds. The zero-order chi connectivity index (χ0) is 16.3. The van der Waals surface area contributed by atoms with E-state index < -0.39 is 5.60 Å². The second kappa shape index (κ2) is 6.64. The SMILES string of the molecule is CCC1(O)CCC12CCN(C(=O)CCCc1ccccc1)CC2. The van der Waals surface area contributed by atoms with Crippen LogP contribution in [0.4, 0.5) is 0 Å². The predicted octanol–water partition coefficient (Wildman–Crippen LogP) is 3.55. The van der Waals surface area contributed by atoms with Crippen molar-refractivity contribution < 1.29 is 9.90 Å². The molecule has 3 nitrogen and oxygen atoms in total. The van der Waals surface area contributed by atoms with Crippen LogP contribution in [0.15, 0.2) is 30.3 Å². The van der Waals surface area contributed by atoms with Gasteiger partial charge in [-0.05, 0) is 50.5 Å². The highest BCUT2D eigenvalue weighted by molar-refractivity contribution is 5.76. The van der Waals surface area contributed by atoms with Gasteiger partial charge in [-0.3, -0.25) is 4.79 Å². The van der Waals surface area contributed by atoms with Crippen molar-refractivity contribution >= 4 is 5.91 Å². The maximum absolute atomic E-state index is 12.4. The van der Waals surface area contributed by atoms with E-state index in [1.807, 2.05) is 11.0 Å². The molecule has 0 aromatic heterocycles. The Kier molecular flexibility index (Phi) is 4.77. The Morgan fingerprint density at radius 2 is 1.83 bits per heavy atom. The van der Waals surface area contributed by atoms with Gasteiger partial charge in [0.15, 0.2) is 0 Å². The van der Waals surface area contributed by atoms with Crippen LogP contribution in [0.5, 0.6) is 0 Å². The van der Waals surface area contributed by atoms with Gasteiger partial charge >= 0.3 is 0 Å². The summed E-state index contributed by atoms with van der Waals surface area (Å²) in [5.41, 5.74) is 0.943. The largest absolute Gasteiger partial charge is 0.389 e. The fraction of sp³-hybridized carbons (Fsp3) is 0.650. The van der Waals surface area contributed by atoms with E-state index in [2.05, 4.69) is 31.2 Å². The van der Waals surface area contributed by atoms with Gasteiger partial charge in [-0.2, -0.15) is 0 Å². The number of carbonyl (C=O) groups excluding carboxylic acids is 1. The van der Waals surface area contributed by atoms with Crippen molar-refractivity contribution in [2.24, 2.45) is 5.41 Å². The average Bonchev–Trinajstić information content (AvgIpc) is 2.61. The summed E-state index contributed by atoms with van der Waals surface area (Å²) in [6, 6.07) is 10.4. The first kappa shape index (κ1) is 16.5. The minimum absolute atomic E-state index is 0.0998. The normalized spacial score (nSPS) is 26.1. The molecule has 0 radical (unpaired) electrons. The van der Waals surface area contributed by atoms with Gasteiger partial charge in [-0.25, -0.2) is 0 Å². The van der Waals surface area contributed by atoms with Gasteiger partial charge in [-0.1, -0.05) is 37.3 Å². The minimum atomic E-state index is -0.463. The Bertz CT molecular complexity index is 530. The molecule has 126 valence electrons. The highest BCUT2D eigenvalue weighted by atomic mass is 16.3. The number of amides is 1. The van der Waals surface area contributed by atoms with Gasteiger partial charge < -0.3 is 10.0 Å². The Labute approximate surface area is 139 Å². The first-order chi connectivity index (χ1) is 11.1. The summed E-state index contributed by atoms with van der Waals surface area (Å²) in [7, 11) is 0. The molecule has 1 aromatic carbocycles. The van der Waals surface area contributed by atoms with E-state index in [0.29, 0.717) is 6.42 Å². The summed E-state index contributed by atoms with van der Waals surface area (Å²) in [6.45, 7) is 3.74. The quantitative estimate of drug-likeness (QED) is 0.902. The fourth-order valence-corrected chi connectivity index (χ4v) is 4.46. The molecule has 1 saturated carbocycles. The van der Waals surface area contributed by atoms with E-state index in [0.717, 1.165) is 58.0 Å². The highest BCUT2D eigenvalue weighted by Crippen LogP contribution is 2.57. The van der Waals surface area contributed by atoms with Gasteiger partial charge in [0.25, 0.3) is 0 Å². The molecule has 1 spiro atoms. The van der Waals surface area contributed by atoms with Gasteiger partial charge in [0, 0.05) is 24.9 Å². The number of aryl methyl sites for hydroxylation is 1. The molecule has 3 rings (SSSR count). The van der Waals surface area contributed by atoms with Crippen molar-refractivity contribution in [2.75, 3.05) is 13.1 Å². The van der Waals surface area contributed by atoms with Crippen LogP contribution in [0.2, 0.25) is 0 Å². The monoisotopic (exact) mass is 315 g/mol. The number of piperidine rings is 1. The number of rotatable bonds is 5. The zero-order valence-electron chi connectivity index (χ0n) is 14.3. The fourth-order valence-electron chi connectivity index (χ4n) is 4.46. The van der Waals surface area contributed by atoms with Crippen molar-refractivity contribution in [3.8, 4) is 0 Å². The lowest BCUT2D eigenvalue weighted by atomic mass is 9.51. The van der Waals surface area contributed by atoms with Crippen LogP contribution < -0.4 is 0 Å². The third kappa shape index (κ3) is 3.16. The molecule has 1 aromatic rings. The third-order valence-electron chi connectivity index (χ3n) is 6.36. The maximum Gasteiger partial charge on any atom is 0.222 e. The first-order valence-electron chi connectivity index (χ1n) is 9.13. The molecular formula is C20H29NO2. The molecule has 1 heterocycles. The summed E-state index contributed by atoms with van der Waals surface area (Å²) >= 11 is 0. The second-order valence-electron chi connectivity index (χ2n) is 7.39. The molecule has 1 aliphatic carbocycles. The van der Waals surface area contributed by atoms with Crippen molar-refractivity contribution in [2.45, 2.75) is 63.9 Å². The van der Waals surface area contributed by atoms with Crippen LogP contribution in [0.1, 0.15) is 57.4 Å². The summed E-state index contributed by atoms with van der Waals surface area (Å²) in [5, 5.41) is 10.7. The molecule has 2 aliphatic rings. The van der Waals surface area contributed by atoms with E-state index in [9.17, 15) is 9.90 Å². The Morgan fingerprint density at radius 1 is 1.13 bits per heavy atom. The van der Waals surface area contributed by atoms with E-state index in [1.165, 1.54) is 5.56 Å². The highest BCUT2D eigenvalue weighted by Gasteiger charge is 2.57. The maximum atomic E-state index is 12.4. The van der Waals surface area contributed by atoms with E-state index in [-0.39, 0.29) is 11.3 Å². The zero-order valence-corrected chi connectivity index (χ0v) is 14.3. The van der Waals surface area contributed by atoms with Crippen LogP contribution in [0, 0.1) is 5.41 Å². The molecule has 1 N–H and O–H groups in total. The smallest absolute Gasteiger partial charge is 0.222 e. The summed E-state index contributed by atoms with van der Waals surface area (Å²) in [6.07, 6.45) is 7.40. The number of likely N-dealkylation sites (tertiary alicyclic amines) is 1. The van der Waals surface area contributed by atoms with E-state index in [4.69, 9.17) is 0 Å². The number of carbonyl (C=O) groups is 1. The first-order valence-corrected chi connectivity index (χ1v) is 9.13. The standard InChI is InChI=1S/C20H29NO2/c1-2-20(23)12-11-19(20)13-15-21(16-14-19)18(22)10-6-9-17-7-4-3-5-8-17/h3-5,7-8,23H,2,6,9-16H2,1H3. The van der Waals surface area contributed by atoms with Crippen molar-refractivity contribution in [3.63, 3.8) is 0 Å². The summed E-state index contributed by atoms with van der Waals surface area (Å²) in [5.74, 6) is 0.287. The lowest BCUT2D eigenvalue weighted by Gasteiger charge is -2.59. The molecule has 1 atom stereocenters. The average molecular weight is 315 g/mol. The molecule has 1 unspecified atom stereocenters. The number of hydrogen-bond donors (Lipinski definition) is 1. The van der Waals surface area contributed by atoms with Crippen molar-refractivity contribution in [3.05, 3.63) is 35.9 Å². The molecular weight excluding hydrogens is 286 g/mol. The van der Waals surface area contributed by atoms with Crippen LogP contribution in [-0.2, 0) is 11.2 Å². The molecule has 3 heteroatoms. The van der Waals surface area contributed by atoms with Gasteiger partial charge in [0.2, 0.25) is 5.91 Å². The van der Waals surface area contributed by atoms with E-state index in [1.54, 1.807) is 0 Å². The second-order valence-corrected chi connectivity index (χ2v) is 7.39. The third-order valence-corrected chi connectivity index (χ3v) is 6.36. The molecule has 23 heavy (non-hydrogen) atoms. The van der Waals surface area contributed by atoms with Crippen molar-refractivity contribution in [1.82, 2.24) is 4.90 Å². The summed E-state index contributed by atoms with van der Waals surface area (Å²) in [4.78, 5) is 14.4. The number of hydrogen-bond acceptors (Lipinski definition) is 2. The molecule has 1 aliphatic heterocycles. The van der Waals surface area contributed by atoms with Gasteiger partial charge in [-0.15, -0.1) is 0 Å². The van der Waals surface area contributed by atoms with Crippen molar-refractivity contribution in [1.29, 1.82) is 0 Å². The minimum Gasteiger partial charge on any atom is -0.389 e. The predicted molar refractivity (Wildman–Crippen MR) is 92.1 cm³/mol. The lowest BCUT2D eigenvalue weighted by Crippen LogP contribution is -2.61. The lowest BCUT2D eigenvalue weighted by molar-refractivity contribution is -0.192. The van der Waals surface area contributed by atoms with Gasteiger partial charge in [0.1, 0.15) is 0 Å². The number of aliphatic hydroxyl groups is 1. The number of nitrogens with zero attached hydrogens (tertiary/aromatic N) is 1. The Balaban J connectivity index is 1.44. The van der Waals surface area contributed by atoms with Crippen LogP contribution in [-0.4, -0.2) is 34.6 Å². The Morgan fingerprint density at radius 3 is 2.39 bits per heavy atom. The Hall–Kier alpha value is -1.35. The molecule has 0 bridgehead atoms. The topological polar surface area (TPSA) is 40.5 Å². The van der Waals surface area contributed by atoms with Gasteiger partial charge in [0.05, 0.1) is 5.60 Å². The molecule has 1 saturated heterocycles. The van der Waals surface area contributed by atoms with Crippen LogP contribution in [0.25, 0.3) is 0 Å². The van der Waals surface area contributed by atoms with E-state index >= 15 is 0 Å². The number of benzene rings is 1. The molecule has 2 fully saturated rings.